The second-order valence-electron chi connectivity index (χ2n) is 6.67. The summed E-state index contributed by atoms with van der Waals surface area (Å²) in [7, 11) is 0. The van der Waals surface area contributed by atoms with Gasteiger partial charge in [-0.15, -0.1) is 0 Å². The summed E-state index contributed by atoms with van der Waals surface area (Å²) in [6.07, 6.45) is 6.39. The molecule has 1 aliphatic heterocycles. The fourth-order valence-corrected chi connectivity index (χ4v) is 3.40. The highest BCUT2D eigenvalue weighted by molar-refractivity contribution is 6.00. The van der Waals surface area contributed by atoms with E-state index in [2.05, 4.69) is 34.2 Å². The highest BCUT2D eigenvalue weighted by Crippen LogP contribution is 2.44. The summed E-state index contributed by atoms with van der Waals surface area (Å²) in [4.78, 5) is 21.1. The van der Waals surface area contributed by atoms with Gasteiger partial charge >= 0.3 is 0 Å². The monoisotopic (exact) mass is 295 g/mol. The zero-order valence-electron chi connectivity index (χ0n) is 12.6. The van der Waals surface area contributed by atoms with Crippen molar-refractivity contribution in [3.05, 3.63) is 47.7 Å². The normalized spacial score (nSPS) is 22.8. The molecule has 0 saturated carbocycles. The van der Waals surface area contributed by atoms with E-state index < -0.39 is 0 Å². The summed E-state index contributed by atoms with van der Waals surface area (Å²) in [5.74, 6) is 0.868. The Bertz CT molecular complexity index is 775. The van der Waals surface area contributed by atoms with Gasteiger partial charge in [-0.1, -0.05) is 13.8 Å². The number of nitrogens with one attached hydrogen (secondary N) is 1. The van der Waals surface area contributed by atoms with Gasteiger partial charge in [0.05, 0.1) is 0 Å². The molecule has 4 rings (SSSR count). The molecule has 6 nitrogen and oxygen atoms in total. The van der Waals surface area contributed by atoms with Gasteiger partial charge in [-0.05, 0) is 29.5 Å². The van der Waals surface area contributed by atoms with Gasteiger partial charge in [0.25, 0.3) is 0 Å². The van der Waals surface area contributed by atoms with E-state index in [4.69, 9.17) is 0 Å². The number of Topliss-reactive ketones (excluding diaryl/α,β-unsaturated/α-hetero) is 1. The highest BCUT2D eigenvalue weighted by atomic mass is 16.1. The molecule has 0 bridgehead atoms. The number of nitrogens with zero attached hydrogens (tertiary/aromatic N) is 4. The third kappa shape index (κ3) is 1.94. The maximum absolute atomic E-state index is 12.8. The molecule has 0 radical (unpaired) electrons. The van der Waals surface area contributed by atoms with E-state index in [9.17, 15) is 4.79 Å². The number of anilines is 1. The van der Waals surface area contributed by atoms with Crippen molar-refractivity contribution < 1.29 is 4.79 Å². The van der Waals surface area contributed by atoms with E-state index in [0.29, 0.717) is 12.4 Å². The van der Waals surface area contributed by atoms with E-state index in [1.807, 2.05) is 12.1 Å². The molecule has 0 amide bonds. The van der Waals surface area contributed by atoms with Crippen molar-refractivity contribution in [2.45, 2.75) is 32.7 Å². The SMILES string of the molecule is CC1(C)CC(=O)C2=C(C1)Nc1ncnn1C2c1ccncc1. The summed E-state index contributed by atoms with van der Waals surface area (Å²) >= 11 is 0. The average Bonchev–Trinajstić information content (AvgIpc) is 2.92. The molecule has 112 valence electrons. The van der Waals surface area contributed by atoms with Crippen LogP contribution in [0.15, 0.2) is 42.1 Å². The number of pyridine rings is 1. The number of hydrogen-bond donors (Lipinski definition) is 1. The van der Waals surface area contributed by atoms with Gasteiger partial charge in [0.15, 0.2) is 5.78 Å². The van der Waals surface area contributed by atoms with Crippen molar-refractivity contribution >= 4 is 11.7 Å². The number of carbonyl (C=O) groups excluding carboxylic acids is 1. The van der Waals surface area contributed by atoms with Crippen molar-refractivity contribution in [3.63, 3.8) is 0 Å². The Balaban J connectivity index is 1.91. The second-order valence-corrected chi connectivity index (χ2v) is 6.67. The molecule has 1 N–H and O–H groups in total. The van der Waals surface area contributed by atoms with Crippen LogP contribution in [0, 0.1) is 5.41 Å². The molecule has 0 spiro atoms. The van der Waals surface area contributed by atoms with E-state index in [0.717, 1.165) is 23.3 Å². The minimum atomic E-state index is -0.222. The number of fused-ring (bicyclic) bond motifs is 1. The lowest BCUT2D eigenvalue weighted by Gasteiger charge is -2.38. The van der Waals surface area contributed by atoms with Crippen LogP contribution in [-0.2, 0) is 4.79 Å². The van der Waals surface area contributed by atoms with Gasteiger partial charge in [0.1, 0.15) is 12.4 Å². The molecule has 2 aromatic rings. The Kier molecular flexibility index (Phi) is 2.69. The first-order chi connectivity index (χ1) is 10.6. The molecule has 0 aromatic carbocycles. The molecule has 3 heterocycles. The van der Waals surface area contributed by atoms with E-state index in [-0.39, 0.29) is 17.2 Å². The Morgan fingerprint density at radius 3 is 2.82 bits per heavy atom. The first kappa shape index (κ1) is 13.2. The smallest absolute Gasteiger partial charge is 0.226 e. The van der Waals surface area contributed by atoms with Crippen LogP contribution < -0.4 is 5.32 Å². The predicted molar refractivity (Wildman–Crippen MR) is 81.1 cm³/mol. The molecule has 0 saturated heterocycles. The van der Waals surface area contributed by atoms with Crippen LogP contribution in [0.5, 0.6) is 0 Å². The Morgan fingerprint density at radius 1 is 1.27 bits per heavy atom. The predicted octanol–water partition coefficient (Wildman–Crippen LogP) is 2.33. The minimum absolute atomic E-state index is 0.0338. The van der Waals surface area contributed by atoms with E-state index >= 15 is 0 Å². The Hall–Kier alpha value is -2.50. The van der Waals surface area contributed by atoms with Crippen LogP contribution in [0.4, 0.5) is 5.95 Å². The number of hydrogen-bond acceptors (Lipinski definition) is 5. The number of aromatic nitrogens is 4. The summed E-state index contributed by atoms with van der Waals surface area (Å²) in [6.45, 7) is 4.24. The number of carbonyl (C=O) groups is 1. The molecule has 2 aliphatic rings. The Labute approximate surface area is 128 Å². The lowest BCUT2D eigenvalue weighted by atomic mass is 9.73. The molecule has 22 heavy (non-hydrogen) atoms. The first-order valence-corrected chi connectivity index (χ1v) is 7.38. The summed E-state index contributed by atoms with van der Waals surface area (Å²) in [6, 6.07) is 3.64. The lowest BCUT2D eigenvalue weighted by Crippen LogP contribution is -2.36. The Morgan fingerprint density at radius 2 is 2.05 bits per heavy atom. The zero-order valence-corrected chi connectivity index (χ0v) is 12.6. The maximum atomic E-state index is 12.8. The molecule has 1 unspecified atom stereocenters. The fraction of sp³-hybridized carbons (Fsp3) is 0.375. The fourth-order valence-electron chi connectivity index (χ4n) is 3.40. The van der Waals surface area contributed by atoms with Gasteiger partial charge in [-0.25, -0.2) is 4.68 Å². The number of allylic oxidation sites excluding steroid dienone is 2. The molecule has 2 aromatic heterocycles. The van der Waals surface area contributed by atoms with Crippen LogP contribution in [0.25, 0.3) is 0 Å². The highest BCUT2D eigenvalue weighted by Gasteiger charge is 2.41. The standard InChI is InChI=1S/C16H17N5O/c1-16(2)7-11-13(12(22)8-16)14(10-3-5-17-6-4-10)21-15(20-11)18-9-19-21/h3-6,9,14H,7-8H2,1-2H3,(H,18,19,20). The second kappa shape index (κ2) is 4.50. The molecule has 1 atom stereocenters. The molecule has 6 heteroatoms. The van der Waals surface area contributed by atoms with Crippen molar-refractivity contribution in [1.29, 1.82) is 0 Å². The van der Waals surface area contributed by atoms with Crippen LogP contribution in [0.2, 0.25) is 0 Å². The third-order valence-corrected chi connectivity index (χ3v) is 4.30. The topological polar surface area (TPSA) is 72.7 Å². The van der Waals surface area contributed by atoms with Crippen molar-refractivity contribution in [3.8, 4) is 0 Å². The quantitative estimate of drug-likeness (QED) is 0.874. The zero-order chi connectivity index (χ0) is 15.3. The van der Waals surface area contributed by atoms with Crippen molar-refractivity contribution in [1.82, 2.24) is 19.7 Å². The summed E-state index contributed by atoms with van der Waals surface area (Å²) in [5.41, 5.74) is 2.75. The molecular formula is C16H17N5O. The van der Waals surface area contributed by atoms with Crippen LogP contribution in [-0.4, -0.2) is 25.5 Å². The van der Waals surface area contributed by atoms with Gasteiger partial charge in [-0.3, -0.25) is 9.78 Å². The summed E-state index contributed by atoms with van der Waals surface area (Å²) in [5, 5.41) is 7.61. The van der Waals surface area contributed by atoms with Crippen molar-refractivity contribution in [2.24, 2.45) is 5.41 Å². The van der Waals surface area contributed by atoms with Gasteiger partial charge in [0.2, 0.25) is 5.95 Å². The molecule has 0 fully saturated rings. The van der Waals surface area contributed by atoms with E-state index in [1.54, 1.807) is 17.1 Å². The maximum Gasteiger partial charge on any atom is 0.226 e. The van der Waals surface area contributed by atoms with E-state index in [1.165, 1.54) is 6.33 Å². The van der Waals surface area contributed by atoms with Crippen LogP contribution in [0.1, 0.15) is 38.3 Å². The first-order valence-electron chi connectivity index (χ1n) is 7.38. The van der Waals surface area contributed by atoms with Gasteiger partial charge in [0, 0.05) is 30.1 Å². The summed E-state index contributed by atoms with van der Waals surface area (Å²) < 4.78 is 1.78. The van der Waals surface area contributed by atoms with Crippen molar-refractivity contribution in [2.75, 3.05) is 5.32 Å². The average molecular weight is 295 g/mol. The minimum Gasteiger partial charge on any atom is -0.328 e. The van der Waals surface area contributed by atoms with Gasteiger partial charge < -0.3 is 5.32 Å². The number of rotatable bonds is 1. The van der Waals surface area contributed by atoms with Gasteiger partial charge in [-0.2, -0.15) is 10.1 Å². The molecule has 1 aliphatic carbocycles. The lowest BCUT2D eigenvalue weighted by molar-refractivity contribution is -0.118. The van der Waals surface area contributed by atoms with Crippen LogP contribution in [0.3, 0.4) is 0 Å². The van der Waals surface area contributed by atoms with Crippen LogP contribution >= 0.6 is 0 Å². The molecular weight excluding hydrogens is 278 g/mol. The number of ketones is 1. The third-order valence-electron chi connectivity index (χ3n) is 4.30. The largest absolute Gasteiger partial charge is 0.328 e.